The molecule has 5 nitrogen and oxygen atoms in total. The minimum atomic E-state index is -3.80. The van der Waals surface area contributed by atoms with Crippen LogP contribution >= 0.6 is 11.3 Å². The lowest BCUT2D eigenvalue weighted by molar-refractivity contribution is 0.598. The number of nitrogens with two attached hydrogens (primary N) is 1. The molecule has 0 atom stereocenters. The van der Waals surface area contributed by atoms with E-state index < -0.39 is 10.0 Å². The molecule has 3 aromatic carbocycles. The summed E-state index contributed by atoms with van der Waals surface area (Å²) in [5.41, 5.74) is 2.31. The second-order valence-electron chi connectivity index (χ2n) is 6.39. The maximum atomic E-state index is 13.3. The highest BCUT2D eigenvalue weighted by Crippen LogP contribution is 2.37. The van der Waals surface area contributed by atoms with Crippen LogP contribution in [0.5, 0.6) is 0 Å². The normalized spacial score (nSPS) is 11.3. The average Bonchev–Trinajstić information content (AvgIpc) is 2.73. The molecule has 0 unspecified atom stereocenters. The van der Waals surface area contributed by atoms with Crippen molar-refractivity contribution in [2.75, 3.05) is 0 Å². The Balaban J connectivity index is 2.01. The Morgan fingerprint density at radius 3 is 2.10 bits per heavy atom. The number of hydrogen-bond donors (Lipinski definition) is 1. The molecule has 1 heterocycles. The fraction of sp³-hybridized carbons (Fsp3) is 0. The van der Waals surface area contributed by atoms with E-state index in [4.69, 9.17) is 10.4 Å². The zero-order chi connectivity index (χ0) is 20.6. The summed E-state index contributed by atoms with van der Waals surface area (Å²) in [4.78, 5) is 14.1. The van der Waals surface area contributed by atoms with Crippen molar-refractivity contribution >= 4 is 31.4 Å². The minimum Gasteiger partial charge on any atom is -0.288 e. The Hall–Kier alpha value is -3.31. The third kappa shape index (κ3) is 3.57. The minimum absolute atomic E-state index is 0.00862. The number of primary sulfonamides is 1. The van der Waals surface area contributed by atoms with Gasteiger partial charge < -0.3 is 0 Å². The van der Waals surface area contributed by atoms with Gasteiger partial charge in [0.25, 0.3) is 0 Å². The SMILES string of the molecule is N#Cc1ccc(-c2c(-c3ccc(S(N)(=O)=O)cc3)sc3ccccc3c2=O)cc1. The van der Waals surface area contributed by atoms with Gasteiger partial charge in [-0.1, -0.05) is 36.4 Å². The van der Waals surface area contributed by atoms with E-state index in [0.717, 1.165) is 9.58 Å². The van der Waals surface area contributed by atoms with E-state index in [1.807, 2.05) is 18.2 Å². The third-order valence-electron chi connectivity index (χ3n) is 4.55. The van der Waals surface area contributed by atoms with Crippen LogP contribution in [0.15, 0.2) is 82.5 Å². The van der Waals surface area contributed by atoms with Gasteiger partial charge >= 0.3 is 0 Å². The summed E-state index contributed by atoms with van der Waals surface area (Å²) < 4.78 is 24.0. The molecular weight excluding hydrogens is 404 g/mol. The van der Waals surface area contributed by atoms with E-state index in [0.29, 0.717) is 27.6 Å². The zero-order valence-electron chi connectivity index (χ0n) is 15.0. The Morgan fingerprint density at radius 1 is 0.862 bits per heavy atom. The Kier molecular flexibility index (Phi) is 4.76. The summed E-state index contributed by atoms with van der Waals surface area (Å²) in [6.45, 7) is 0. The summed E-state index contributed by atoms with van der Waals surface area (Å²) in [6, 6.07) is 22.4. The van der Waals surface area contributed by atoms with Crippen molar-refractivity contribution in [1.29, 1.82) is 5.26 Å². The van der Waals surface area contributed by atoms with Crippen LogP contribution in [0.4, 0.5) is 0 Å². The zero-order valence-corrected chi connectivity index (χ0v) is 16.6. The number of nitrogens with zero attached hydrogens (tertiary/aromatic N) is 1. The molecule has 0 amide bonds. The second kappa shape index (κ2) is 7.26. The summed E-state index contributed by atoms with van der Waals surface area (Å²) in [5, 5.41) is 14.9. The van der Waals surface area contributed by atoms with Crippen LogP contribution in [-0.4, -0.2) is 8.42 Å². The maximum Gasteiger partial charge on any atom is 0.238 e. The molecule has 0 radical (unpaired) electrons. The van der Waals surface area contributed by atoms with Gasteiger partial charge in [-0.3, -0.25) is 4.79 Å². The average molecular weight is 418 g/mol. The Morgan fingerprint density at radius 2 is 1.48 bits per heavy atom. The van der Waals surface area contributed by atoms with Gasteiger partial charge in [-0.05, 0) is 47.5 Å². The lowest BCUT2D eigenvalue weighted by atomic mass is 9.99. The van der Waals surface area contributed by atoms with Crippen LogP contribution in [0, 0.1) is 11.3 Å². The molecule has 2 N–H and O–H groups in total. The maximum absolute atomic E-state index is 13.3. The van der Waals surface area contributed by atoms with Crippen molar-refractivity contribution in [1.82, 2.24) is 0 Å². The molecule has 142 valence electrons. The molecular formula is C22H14N2O3S2. The highest BCUT2D eigenvalue weighted by Gasteiger charge is 2.17. The van der Waals surface area contributed by atoms with Crippen LogP contribution in [0.1, 0.15) is 5.56 Å². The van der Waals surface area contributed by atoms with Crippen LogP contribution < -0.4 is 10.6 Å². The van der Waals surface area contributed by atoms with Gasteiger partial charge in [0.15, 0.2) is 5.43 Å². The quantitative estimate of drug-likeness (QED) is 0.541. The fourth-order valence-electron chi connectivity index (χ4n) is 3.11. The van der Waals surface area contributed by atoms with Crippen LogP contribution in [0.2, 0.25) is 0 Å². The van der Waals surface area contributed by atoms with Crippen LogP contribution in [0.3, 0.4) is 0 Å². The number of nitriles is 1. The number of hydrogen-bond acceptors (Lipinski definition) is 5. The van der Waals surface area contributed by atoms with Gasteiger partial charge in [-0.25, -0.2) is 13.6 Å². The van der Waals surface area contributed by atoms with E-state index in [9.17, 15) is 13.2 Å². The Labute approximate surface area is 171 Å². The van der Waals surface area contributed by atoms with Crippen LogP contribution in [-0.2, 0) is 10.0 Å². The van der Waals surface area contributed by atoms with Gasteiger partial charge in [0.2, 0.25) is 10.0 Å². The lowest BCUT2D eigenvalue weighted by Crippen LogP contribution is -2.11. The summed E-state index contributed by atoms with van der Waals surface area (Å²) >= 11 is 1.45. The van der Waals surface area contributed by atoms with Crippen molar-refractivity contribution in [3.05, 3.63) is 88.6 Å². The van der Waals surface area contributed by atoms with Gasteiger partial charge in [-0.2, -0.15) is 5.26 Å². The molecule has 0 spiro atoms. The summed E-state index contributed by atoms with van der Waals surface area (Å²) in [5.74, 6) is 0. The van der Waals surface area contributed by atoms with Crippen molar-refractivity contribution in [3.63, 3.8) is 0 Å². The first kappa shape index (κ1) is 19.0. The first-order valence-corrected chi connectivity index (χ1v) is 10.9. The molecule has 4 aromatic rings. The first-order valence-electron chi connectivity index (χ1n) is 8.58. The first-order chi connectivity index (χ1) is 13.9. The van der Waals surface area contributed by atoms with E-state index in [1.54, 1.807) is 42.5 Å². The van der Waals surface area contributed by atoms with Crippen molar-refractivity contribution in [3.8, 4) is 27.6 Å². The number of rotatable bonds is 3. The van der Waals surface area contributed by atoms with E-state index >= 15 is 0 Å². The Bertz CT molecular complexity index is 1430. The molecule has 0 fully saturated rings. The van der Waals surface area contributed by atoms with Crippen molar-refractivity contribution in [2.45, 2.75) is 4.90 Å². The molecule has 1 aromatic heterocycles. The topological polar surface area (TPSA) is 101 Å². The molecule has 0 aliphatic heterocycles. The lowest BCUT2D eigenvalue weighted by Gasteiger charge is -2.11. The highest BCUT2D eigenvalue weighted by molar-refractivity contribution is 7.89. The smallest absolute Gasteiger partial charge is 0.238 e. The van der Waals surface area contributed by atoms with Crippen LogP contribution in [0.25, 0.3) is 31.7 Å². The third-order valence-corrected chi connectivity index (χ3v) is 6.69. The van der Waals surface area contributed by atoms with Gasteiger partial charge in [0.05, 0.1) is 16.5 Å². The largest absolute Gasteiger partial charge is 0.288 e. The monoisotopic (exact) mass is 418 g/mol. The standard InChI is InChI=1S/C22H14N2O3S2/c23-13-14-5-7-15(8-6-14)20-21(25)18-3-1-2-4-19(18)28-22(20)16-9-11-17(12-10-16)29(24,26)27/h1-12H,(H2,24,26,27). The van der Waals surface area contributed by atoms with Crippen molar-refractivity contribution < 1.29 is 8.42 Å². The van der Waals surface area contributed by atoms with E-state index in [-0.39, 0.29) is 10.3 Å². The van der Waals surface area contributed by atoms with Crippen molar-refractivity contribution in [2.24, 2.45) is 5.14 Å². The molecule has 4 rings (SSSR count). The molecule has 0 aliphatic rings. The molecule has 0 saturated heterocycles. The molecule has 0 bridgehead atoms. The predicted molar refractivity (Wildman–Crippen MR) is 115 cm³/mol. The number of fused-ring (bicyclic) bond motifs is 1. The predicted octanol–water partition coefficient (Wildman–Crippen LogP) is 4.11. The number of benzene rings is 3. The molecule has 29 heavy (non-hydrogen) atoms. The highest BCUT2D eigenvalue weighted by atomic mass is 32.2. The summed E-state index contributed by atoms with van der Waals surface area (Å²) in [7, 11) is -3.80. The fourth-order valence-corrected chi connectivity index (χ4v) is 4.83. The second-order valence-corrected chi connectivity index (χ2v) is 9.00. The van der Waals surface area contributed by atoms with E-state index in [2.05, 4.69) is 6.07 Å². The summed E-state index contributed by atoms with van der Waals surface area (Å²) in [6.07, 6.45) is 0. The molecule has 0 saturated carbocycles. The van der Waals surface area contributed by atoms with Gasteiger partial charge in [-0.15, -0.1) is 11.3 Å². The van der Waals surface area contributed by atoms with Gasteiger partial charge in [0, 0.05) is 20.5 Å². The van der Waals surface area contributed by atoms with E-state index in [1.165, 1.54) is 23.5 Å². The molecule has 0 aliphatic carbocycles. The molecule has 7 heteroatoms. The number of sulfonamides is 1. The van der Waals surface area contributed by atoms with Gasteiger partial charge in [0.1, 0.15) is 0 Å².